The van der Waals surface area contributed by atoms with Gasteiger partial charge in [0.2, 0.25) is 10.0 Å². The van der Waals surface area contributed by atoms with Crippen LogP contribution in [0.25, 0.3) is 10.9 Å². The molecule has 0 saturated heterocycles. The van der Waals surface area contributed by atoms with Crippen molar-refractivity contribution in [1.29, 1.82) is 0 Å². The Morgan fingerprint density at radius 2 is 1.83 bits per heavy atom. The van der Waals surface area contributed by atoms with Crippen LogP contribution in [-0.4, -0.2) is 48.6 Å². The van der Waals surface area contributed by atoms with Gasteiger partial charge in [-0.1, -0.05) is 13.8 Å². The molecule has 29 heavy (non-hydrogen) atoms. The highest BCUT2D eigenvalue weighted by atomic mass is 32.2. The summed E-state index contributed by atoms with van der Waals surface area (Å²) < 4.78 is 27.4. The molecule has 0 aliphatic carbocycles. The molecule has 0 radical (unpaired) electrons. The molecule has 0 aliphatic heterocycles. The summed E-state index contributed by atoms with van der Waals surface area (Å²) in [6, 6.07) is 14.0. The van der Waals surface area contributed by atoms with Gasteiger partial charge in [-0.3, -0.25) is 0 Å². The number of H-pyrrole nitrogens is 1. The van der Waals surface area contributed by atoms with Crippen molar-refractivity contribution < 1.29 is 13.5 Å². The Bertz CT molecular complexity index is 1050. The third-order valence-corrected chi connectivity index (χ3v) is 6.44. The van der Waals surface area contributed by atoms with E-state index in [4.69, 9.17) is 5.73 Å². The Balaban J connectivity index is 1.69. The number of hydrogen-bond acceptors (Lipinski definition) is 5. The second kappa shape index (κ2) is 8.86. The normalized spacial score (nSPS) is 13.3. The lowest BCUT2D eigenvalue weighted by molar-refractivity contribution is 0.153. The summed E-state index contributed by atoms with van der Waals surface area (Å²) in [5, 5.41) is 14.8. The van der Waals surface area contributed by atoms with E-state index in [1.165, 1.54) is 16.4 Å². The van der Waals surface area contributed by atoms with Crippen LogP contribution in [0.1, 0.15) is 13.8 Å². The molecule has 5 N–H and O–H groups in total. The molecule has 3 rings (SSSR count). The molecular formula is C21H28N4O3S. The standard InChI is InChI=1S/C21H28N4O3S/c1-15(2)13-25(29(27,28)20-6-3-17(22)4-7-20)14-19(26)12-24-18-5-8-21-16(11-18)9-10-23-21/h3-11,15,19,23-24,26H,12-14,22H2,1-2H3/t19-/m0/s1. The quantitative estimate of drug-likeness (QED) is 0.401. The van der Waals surface area contributed by atoms with Gasteiger partial charge in [-0.2, -0.15) is 4.31 Å². The van der Waals surface area contributed by atoms with E-state index in [1.807, 2.05) is 44.3 Å². The van der Waals surface area contributed by atoms with E-state index in [9.17, 15) is 13.5 Å². The molecule has 0 bridgehead atoms. The third kappa shape index (κ3) is 5.29. The fraction of sp³-hybridized carbons (Fsp3) is 0.333. The first kappa shape index (κ1) is 21.2. The predicted molar refractivity (Wildman–Crippen MR) is 117 cm³/mol. The van der Waals surface area contributed by atoms with Crippen LogP contribution >= 0.6 is 0 Å². The number of sulfonamides is 1. The Morgan fingerprint density at radius 3 is 2.52 bits per heavy atom. The fourth-order valence-electron chi connectivity index (χ4n) is 3.17. The fourth-order valence-corrected chi connectivity index (χ4v) is 4.81. The average Bonchev–Trinajstić information content (AvgIpc) is 3.13. The SMILES string of the molecule is CC(C)CN(C[C@@H](O)CNc1ccc2[nH]ccc2c1)S(=O)(=O)c1ccc(N)cc1. The Morgan fingerprint density at radius 1 is 1.10 bits per heavy atom. The van der Waals surface area contributed by atoms with E-state index in [2.05, 4.69) is 10.3 Å². The maximum atomic E-state index is 13.1. The van der Waals surface area contributed by atoms with Crippen LogP contribution in [0.3, 0.4) is 0 Å². The number of nitrogens with one attached hydrogen (secondary N) is 2. The maximum absolute atomic E-state index is 13.1. The number of anilines is 2. The molecule has 2 aromatic carbocycles. The Labute approximate surface area is 171 Å². The van der Waals surface area contributed by atoms with Gasteiger partial charge in [0.1, 0.15) is 0 Å². The second-order valence-electron chi connectivity index (χ2n) is 7.60. The number of hydrogen-bond donors (Lipinski definition) is 4. The molecule has 156 valence electrons. The number of nitrogen functional groups attached to an aromatic ring is 1. The lowest BCUT2D eigenvalue weighted by atomic mass is 10.2. The van der Waals surface area contributed by atoms with E-state index in [1.54, 1.807) is 12.1 Å². The van der Waals surface area contributed by atoms with Crippen molar-refractivity contribution in [1.82, 2.24) is 9.29 Å². The van der Waals surface area contributed by atoms with Gasteiger partial charge in [-0.05, 0) is 54.4 Å². The van der Waals surface area contributed by atoms with Crippen LogP contribution in [0.2, 0.25) is 0 Å². The number of aliphatic hydroxyl groups is 1. The molecule has 7 nitrogen and oxygen atoms in total. The molecule has 0 aliphatic rings. The molecular weight excluding hydrogens is 388 g/mol. The van der Waals surface area contributed by atoms with Gasteiger partial charge in [0, 0.05) is 48.1 Å². The first-order chi connectivity index (χ1) is 13.8. The monoisotopic (exact) mass is 416 g/mol. The van der Waals surface area contributed by atoms with Crippen molar-refractivity contribution in [2.24, 2.45) is 5.92 Å². The summed E-state index contributed by atoms with van der Waals surface area (Å²) >= 11 is 0. The van der Waals surface area contributed by atoms with E-state index >= 15 is 0 Å². The van der Waals surface area contributed by atoms with Crippen LogP contribution in [0, 0.1) is 5.92 Å². The van der Waals surface area contributed by atoms with E-state index in [0.29, 0.717) is 12.2 Å². The minimum Gasteiger partial charge on any atom is -0.399 e. The highest BCUT2D eigenvalue weighted by Crippen LogP contribution is 2.20. The lowest BCUT2D eigenvalue weighted by Gasteiger charge is -2.26. The van der Waals surface area contributed by atoms with Crippen LogP contribution < -0.4 is 11.1 Å². The van der Waals surface area contributed by atoms with Crippen LogP contribution in [0.5, 0.6) is 0 Å². The van der Waals surface area contributed by atoms with Crippen molar-refractivity contribution in [2.75, 3.05) is 30.7 Å². The molecule has 1 aromatic heterocycles. The Hall–Kier alpha value is -2.55. The van der Waals surface area contributed by atoms with Crippen molar-refractivity contribution in [3.05, 3.63) is 54.7 Å². The summed E-state index contributed by atoms with van der Waals surface area (Å²) in [6.45, 7) is 4.45. The van der Waals surface area contributed by atoms with Crippen LogP contribution in [-0.2, 0) is 10.0 Å². The molecule has 0 amide bonds. The second-order valence-corrected chi connectivity index (χ2v) is 9.54. The van der Waals surface area contributed by atoms with Gasteiger partial charge in [-0.15, -0.1) is 0 Å². The first-order valence-electron chi connectivity index (χ1n) is 9.60. The number of nitrogens with zero attached hydrogens (tertiary/aromatic N) is 1. The minimum atomic E-state index is -3.73. The molecule has 0 spiro atoms. The largest absolute Gasteiger partial charge is 0.399 e. The molecule has 1 atom stereocenters. The zero-order valence-electron chi connectivity index (χ0n) is 16.7. The molecule has 8 heteroatoms. The zero-order valence-corrected chi connectivity index (χ0v) is 17.5. The van der Waals surface area contributed by atoms with Gasteiger partial charge in [-0.25, -0.2) is 8.42 Å². The van der Waals surface area contributed by atoms with Crippen molar-refractivity contribution >= 4 is 32.3 Å². The highest BCUT2D eigenvalue weighted by molar-refractivity contribution is 7.89. The number of aromatic nitrogens is 1. The number of benzene rings is 2. The number of aromatic amines is 1. The summed E-state index contributed by atoms with van der Waals surface area (Å²) in [4.78, 5) is 3.30. The number of nitrogens with two attached hydrogens (primary N) is 1. The van der Waals surface area contributed by atoms with Crippen LogP contribution in [0.15, 0.2) is 59.6 Å². The number of rotatable bonds is 9. The van der Waals surface area contributed by atoms with Gasteiger partial charge < -0.3 is 21.1 Å². The molecule has 0 fully saturated rings. The van der Waals surface area contributed by atoms with Gasteiger partial charge in [0.25, 0.3) is 0 Å². The Kier molecular flexibility index (Phi) is 6.46. The van der Waals surface area contributed by atoms with Gasteiger partial charge >= 0.3 is 0 Å². The third-order valence-electron chi connectivity index (χ3n) is 4.60. The predicted octanol–water partition coefficient (Wildman–Crippen LogP) is 2.87. The molecule has 1 heterocycles. The molecule has 3 aromatic rings. The van der Waals surface area contributed by atoms with E-state index < -0.39 is 16.1 Å². The average molecular weight is 417 g/mol. The molecule has 0 saturated carbocycles. The first-order valence-corrected chi connectivity index (χ1v) is 11.0. The summed E-state index contributed by atoms with van der Waals surface area (Å²) in [7, 11) is -3.73. The van der Waals surface area contributed by atoms with Gasteiger partial charge in [0.05, 0.1) is 11.0 Å². The zero-order chi connectivity index (χ0) is 21.0. The topological polar surface area (TPSA) is 111 Å². The van der Waals surface area contributed by atoms with Crippen molar-refractivity contribution in [3.8, 4) is 0 Å². The summed E-state index contributed by atoms with van der Waals surface area (Å²) in [5.74, 6) is 0.120. The van der Waals surface area contributed by atoms with Crippen molar-refractivity contribution in [2.45, 2.75) is 24.8 Å². The highest BCUT2D eigenvalue weighted by Gasteiger charge is 2.27. The smallest absolute Gasteiger partial charge is 0.243 e. The number of fused-ring (bicyclic) bond motifs is 1. The summed E-state index contributed by atoms with van der Waals surface area (Å²) in [5.41, 5.74) is 8.08. The maximum Gasteiger partial charge on any atom is 0.243 e. The van der Waals surface area contributed by atoms with Gasteiger partial charge in [0.15, 0.2) is 0 Å². The van der Waals surface area contributed by atoms with Crippen LogP contribution in [0.4, 0.5) is 11.4 Å². The van der Waals surface area contributed by atoms with E-state index in [0.717, 1.165) is 16.6 Å². The lowest BCUT2D eigenvalue weighted by Crippen LogP contribution is -2.41. The van der Waals surface area contributed by atoms with Crippen molar-refractivity contribution in [3.63, 3.8) is 0 Å². The summed E-state index contributed by atoms with van der Waals surface area (Å²) in [6.07, 6.45) is 1.01. The number of aliphatic hydroxyl groups excluding tert-OH is 1. The minimum absolute atomic E-state index is 0.00425. The molecule has 0 unspecified atom stereocenters. The van der Waals surface area contributed by atoms with E-state index in [-0.39, 0.29) is 23.9 Å².